The van der Waals surface area contributed by atoms with Crippen LogP contribution in [0.4, 0.5) is 23.9 Å². The van der Waals surface area contributed by atoms with Crippen LogP contribution in [0.2, 0.25) is 0 Å². The molecule has 4 rings (SSSR count). The summed E-state index contributed by atoms with van der Waals surface area (Å²) >= 11 is 0. The zero-order chi connectivity index (χ0) is 26.4. The van der Waals surface area contributed by atoms with Crippen molar-refractivity contribution in [2.75, 3.05) is 25.2 Å². The molecule has 190 valence electrons. The standard InChI is InChI=1S/C23H24F3N6O3P/c1-12-4-6-14(11-32(12)22(33)34)30-21-29-10-17(23(24,25)26)18(31-21)16-9-28-19-15(16)7-5-13(8-27)20(19)36(2,3)35/h5,7,9-10,12,14,28H,4,6,11H2,1-3H3,(H,33,34)(H,29,30,31)/t12-,14-/m0/s1. The number of nitrogens with zero attached hydrogens (tertiary/aromatic N) is 4. The van der Waals surface area contributed by atoms with E-state index in [0.717, 1.165) is 0 Å². The van der Waals surface area contributed by atoms with Crippen LogP contribution in [0.1, 0.15) is 30.9 Å². The molecule has 1 fully saturated rings. The Morgan fingerprint density at radius 1 is 1.33 bits per heavy atom. The van der Waals surface area contributed by atoms with Gasteiger partial charge in [0.05, 0.1) is 28.1 Å². The third-order valence-electron chi connectivity index (χ3n) is 6.30. The van der Waals surface area contributed by atoms with E-state index < -0.39 is 25.0 Å². The molecule has 0 aliphatic carbocycles. The molecule has 1 aliphatic rings. The second kappa shape index (κ2) is 9.13. The van der Waals surface area contributed by atoms with Crippen molar-refractivity contribution in [3.63, 3.8) is 0 Å². The average Bonchev–Trinajstić information content (AvgIpc) is 3.21. The number of likely N-dealkylation sites (tertiary alicyclic amines) is 1. The summed E-state index contributed by atoms with van der Waals surface area (Å²) in [5, 5.41) is 22.5. The number of fused-ring (bicyclic) bond motifs is 1. The molecule has 1 aliphatic heterocycles. The number of carboxylic acid groups (broad SMARTS) is 1. The molecule has 3 aromatic rings. The van der Waals surface area contributed by atoms with Crippen LogP contribution < -0.4 is 10.6 Å². The molecule has 0 unspecified atom stereocenters. The maximum atomic E-state index is 13.9. The van der Waals surface area contributed by atoms with Crippen molar-refractivity contribution >= 4 is 35.4 Å². The van der Waals surface area contributed by atoms with E-state index in [4.69, 9.17) is 0 Å². The Balaban J connectivity index is 1.81. The van der Waals surface area contributed by atoms with E-state index in [-0.39, 0.29) is 46.7 Å². The Kier molecular flexibility index (Phi) is 6.47. The van der Waals surface area contributed by atoms with E-state index >= 15 is 0 Å². The minimum Gasteiger partial charge on any atom is -0.465 e. The van der Waals surface area contributed by atoms with Crippen LogP contribution in [0.3, 0.4) is 0 Å². The summed E-state index contributed by atoms with van der Waals surface area (Å²) in [6.45, 7) is 4.92. The number of nitriles is 1. The van der Waals surface area contributed by atoms with E-state index in [2.05, 4.69) is 20.3 Å². The molecule has 3 heterocycles. The lowest BCUT2D eigenvalue weighted by molar-refractivity contribution is -0.137. The number of nitrogens with one attached hydrogen (secondary N) is 2. The van der Waals surface area contributed by atoms with Crippen molar-refractivity contribution in [1.29, 1.82) is 5.26 Å². The summed E-state index contributed by atoms with van der Waals surface area (Å²) in [6.07, 6.45) is -2.60. The smallest absolute Gasteiger partial charge is 0.419 e. The first kappa shape index (κ1) is 25.5. The third kappa shape index (κ3) is 4.75. The predicted octanol–water partition coefficient (Wildman–Crippen LogP) is 4.71. The number of alkyl halides is 3. The molecule has 3 N–H and O–H groups in total. The van der Waals surface area contributed by atoms with Gasteiger partial charge in [-0.15, -0.1) is 0 Å². The van der Waals surface area contributed by atoms with Gasteiger partial charge in [0.2, 0.25) is 5.95 Å². The number of rotatable bonds is 4. The van der Waals surface area contributed by atoms with E-state index in [1.165, 1.54) is 36.6 Å². The fraction of sp³-hybridized carbons (Fsp3) is 0.391. The van der Waals surface area contributed by atoms with Crippen molar-refractivity contribution in [1.82, 2.24) is 19.9 Å². The molecule has 13 heteroatoms. The van der Waals surface area contributed by atoms with Crippen molar-refractivity contribution < 1.29 is 27.6 Å². The molecule has 0 radical (unpaired) electrons. The van der Waals surface area contributed by atoms with Crippen LogP contribution in [-0.2, 0) is 10.7 Å². The number of hydrogen-bond acceptors (Lipinski definition) is 6. The highest BCUT2D eigenvalue weighted by Gasteiger charge is 2.37. The number of hydrogen-bond donors (Lipinski definition) is 3. The van der Waals surface area contributed by atoms with Gasteiger partial charge >= 0.3 is 12.3 Å². The van der Waals surface area contributed by atoms with E-state index in [1.807, 2.05) is 6.07 Å². The first-order valence-electron chi connectivity index (χ1n) is 11.1. The van der Waals surface area contributed by atoms with Gasteiger partial charge in [-0.2, -0.15) is 18.4 Å². The van der Waals surface area contributed by atoms with Crippen molar-refractivity contribution in [3.8, 4) is 17.3 Å². The topological polar surface area (TPSA) is 135 Å². The highest BCUT2D eigenvalue weighted by atomic mass is 31.2. The zero-order valence-electron chi connectivity index (χ0n) is 19.7. The molecule has 2 aromatic heterocycles. The van der Waals surface area contributed by atoms with E-state index in [9.17, 15) is 32.9 Å². The third-order valence-corrected chi connectivity index (χ3v) is 7.84. The Hall–Kier alpha value is -3.58. The van der Waals surface area contributed by atoms with Crippen LogP contribution >= 0.6 is 7.14 Å². The van der Waals surface area contributed by atoms with Gasteiger partial charge in [-0.3, -0.25) is 0 Å². The van der Waals surface area contributed by atoms with Crippen LogP contribution in [0.25, 0.3) is 22.2 Å². The lowest BCUT2D eigenvalue weighted by Gasteiger charge is -2.36. The van der Waals surface area contributed by atoms with Gasteiger partial charge in [-0.25, -0.2) is 14.8 Å². The first-order chi connectivity index (χ1) is 16.8. The highest BCUT2D eigenvalue weighted by molar-refractivity contribution is 7.70. The summed E-state index contributed by atoms with van der Waals surface area (Å²) in [4.78, 5) is 23.7. The maximum Gasteiger partial charge on any atom is 0.419 e. The lowest BCUT2D eigenvalue weighted by atomic mass is 10.00. The molecular weight excluding hydrogens is 496 g/mol. The fourth-order valence-corrected chi connectivity index (χ4v) is 6.00. The second-order valence-corrected chi connectivity index (χ2v) is 12.4. The van der Waals surface area contributed by atoms with Gasteiger partial charge < -0.3 is 24.9 Å². The van der Waals surface area contributed by atoms with E-state index in [0.29, 0.717) is 29.9 Å². The number of aromatic amines is 1. The molecule has 0 saturated carbocycles. The average molecular weight is 520 g/mol. The van der Waals surface area contributed by atoms with Crippen LogP contribution in [0, 0.1) is 11.3 Å². The molecule has 2 atom stereocenters. The van der Waals surface area contributed by atoms with Crippen molar-refractivity contribution in [3.05, 3.63) is 35.7 Å². The van der Waals surface area contributed by atoms with Crippen LogP contribution in [0.15, 0.2) is 24.5 Å². The largest absolute Gasteiger partial charge is 0.465 e. The molecule has 1 saturated heterocycles. The maximum absolute atomic E-state index is 13.9. The van der Waals surface area contributed by atoms with Crippen molar-refractivity contribution in [2.24, 2.45) is 0 Å². The lowest BCUT2D eigenvalue weighted by Crippen LogP contribution is -2.49. The Morgan fingerprint density at radius 2 is 2.06 bits per heavy atom. The zero-order valence-corrected chi connectivity index (χ0v) is 20.6. The van der Waals surface area contributed by atoms with Crippen LogP contribution in [-0.4, -0.2) is 63.0 Å². The minimum absolute atomic E-state index is 0.0669. The summed E-state index contributed by atoms with van der Waals surface area (Å²) in [7, 11) is -2.97. The number of halogens is 3. The quantitative estimate of drug-likeness (QED) is 0.424. The summed E-state index contributed by atoms with van der Waals surface area (Å²) in [5.74, 6) is -0.0669. The SMILES string of the molecule is C[C@H]1CC[C@H](Nc2ncc(C(F)(F)F)c(-c3c[nH]c4c(P(C)(C)=O)c(C#N)ccc34)n2)CN1C(=O)O. The second-order valence-electron chi connectivity index (χ2n) is 9.21. The number of carbonyl (C=O) groups is 1. The number of anilines is 1. The van der Waals surface area contributed by atoms with Crippen LogP contribution in [0.5, 0.6) is 0 Å². The van der Waals surface area contributed by atoms with E-state index in [1.54, 1.807) is 6.92 Å². The van der Waals surface area contributed by atoms with Gasteiger partial charge in [0.15, 0.2) is 0 Å². The Labute approximate surface area is 204 Å². The number of amides is 1. The molecule has 9 nitrogen and oxygen atoms in total. The normalized spacial score (nSPS) is 18.8. The summed E-state index contributed by atoms with van der Waals surface area (Å²) in [6, 6.07) is 4.39. The minimum atomic E-state index is -4.75. The van der Waals surface area contributed by atoms with Gasteiger partial charge in [0, 0.05) is 42.0 Å². The first-order valence-corrected chi connectivity index (χ1v) is 13.7. The molecule has 0 spiro atoms. The van der Waals surface area contributed by atoms with Gasteiger partial charge in [-0.05, 0) is 39.2 Å². The number of benzene rings is 1. The predicted molar refractivity (Wildman–Crippen MR) is 129 cm³/mol. The monoisotopic (exact) mass is 520 g/mol. The van der Waals surface area contributed by atoms with Gasteiger partial charge in [-0.1, -0.05) is 6.07 Å². The number of aromatic nitrogens is 3. The Morgan fingerprint density at radius 3 is 2.67 bits per heavy atom. The highest BCUT2D eigenvalue weighted by Crippen LogP contribution is 2.43. The molecule has 1 amide bonds. The van der Waals surface area contributed by atoms with Gasteiger partial charge in [0.1, 0.15) is 12.7 Å². The summed E-state index contributed by atoms with van der Waals surface area (Å²) in [5.41, 5.74) is -0.827. The molecular formula is C23H24F3N6O3P. The number of piperidine rings is 1. The van der Waals surface area contributed by atoms with Gasteiger partial charge in [0.25, 0.3) is 0 Å². The van der Waals surface area contributed by atoms with Crippen molar-refractivity contribution in [2.45, 2.75) is 38.0 Å². The summed E-state index contributed by atoms with van der Waals surface area (Å²) < 4.78 is 54.7. The number of H-pyrrole nitrogens is 1. The molecule has 36 heavy (non-hydrogen) atoms. The molecule has 0 bridgehead atoms. The Bertz CT molecular complexity index is 1420. The molecule has 1 aromatic carbocycles. The fourth-order valence-electron chi connectivity index (χ4n) is 4.57.